The number of rotatable bonds is 4. The highest BCUT2D eigenvalue weighted by atomic mass is 16.1. The number of carbonyl (C=O) groups is 1. The summed E-state index contributed by atoms with van der Waals surface area (Å²) in [6, 6.07) is 4.31. The third-order valence-electron chi connectivity index (χ3n) is 5.33. The van der Waals surface area contributed by atoms with E-state index < -0.39 is 0 Å². The van der Waals surface area contributed by atoms with Gasteiger partial charge in [-0.2, -0.15) is 0 Å². The number of aromatic nitrogens is 4. The van der Waals surface area contributed by atoms with Crippen molar-refractivity contribution in [2.75, 3.05) is 13.6 Å². The van der Waals surface area contributed by atoms with E-state index >= 15 is 0 Å². The van der Waals surface area contributed by atoms with Crippen LogP contribution in [0.15, 0.2) is 36.9 Å². The number of fused-ring (bicyclic) bond motifs is 1. The topological polar surface area (TPSA) is 67.5 Å². The lowest BCUT2D eigenvalue weighted by Crippen LogP contribution is -2.34. The smallest absolute Gasteiger partial charge is 0.267 e. The van der Waals surface area contributed by atoms with Crippen molar-refractivity contribution < 1.29 is 4.79 Å². The summed E-state index contributed by atoms with van der Waals surface area (Å²) < 4.78 is 4.12. The predicted octanol–water partition coefficient (Wildman–Crippen LogP) is 2.15. The maximum Gasteiger partial charge on any atom is 0.267 e. The minimum atomic E-state index is -0.0459. The van der Waals surface area contributed by atoms with Gasteiger partial charge in [-0.25, -0.2) is 4.98 Å². The number of hydrogen-bond acceptors (Lipinski definition) is 4. The summed E-state index contributed by atoms with van der Waals surface area (Å²) >= 11 is 0. The molecule has 0 aliphatic carbocycles. The average Bonchev–Trinajstić information content (AvgIpc) is 3.26. The van der Waals surface area contributed by atoms with E-state index in [-0.39, 0.29) is 5.91 Å². The van der Waals surface area contributed by atoms with Crippen LogP contribution in [-0.2, 0) is 13.6 Å². The molecule has 0 radical (unpaired) electrons. The van der Waals surface area contributed by atoms with Crippen molar-refractivity contribution in [2.45, 2.75) is 31.8 Å². The highest BCUT2D eigenvalue weighted by Gasteiger charge is 2.28. The highest BCUT2D eigenvalue weighted by molar-refractivity contribution is 5.92. The summed E-state index contributed by atoms with van der Waals surface area (Å²) in [4.78, 5) is 23.1. The van der Waals surface area contributed by atoms with E-state index in [0.29, 0.717) is 11.7 Å². The van der Waals surface area contributed by atoms with Crippen LogP contribution in [-0.4, -0.2) is 43.3 Å². The van der Waals surface area contributed by atoms with Crippen LogP contribution in [0.4, 0.5) is 0 Å². The molecule has 1 saturated heterocycles. The highest BCUT2D eigenvalue weighted by Crippen LogP contribution is 2.33. The summed E-state index contributed by atoms with van der Waals surface area (Å²) in [6.45, 7) is 1.87. The maximum absolute atomic E-state index is 12.1. The lowest BCUT2D eigenvalue weighted by molar-refractivity contribution is 0.0952. The second kappa shape index (κ2) is 6.92. The van der Waals surface area contributed by atoms with Crippen LogP contribution in [0.1, 0.15) is 47.2 Å². The molecule has 0 unspecified atom stereocenters. The van der Waals surface area contributed by atoms with Crippen molar-refractivity contribution in [1.82, 2.24) is 29.2 Å². The number of nitrogens with one attached hydrogen (secondary N) is 1. The van der Waals surface area contributed by atoms with E-state index in [4.69, 9.17) is 0 Å². The second-order valence-corrected chi connectivity index (χ2v) is 6.82. The van der Waals surface area contributed by atoms with Gasteiger partial charge in [-0.1, -0.05) is 6.42 Å². The minimum Gasteiger partial charge on any atom is -0.354 e. The SMILES string of the molecule is CNC(=O)c1ccc([C@H]2CCCCN2Cc2cnc3cnccn23)n1C. The Morgan fingerprint density at radius 1 is 1.31 bits per heavy atom. The van der Waals surface area contributed by atoms with Gasteiger partial charge in [0, 0.05) is 38.7 Å². The molecule has 0 spiro atoms. The Morgan fingerprint density at radius 3 is 3.04 bits per heavy atom. The standard InChI is InChI=1S/C19H24N6O/c1-20-19(26)17-7-6-15(23(17)2)16-5-3-4-9-24(16)13-14-11-22-18-12-21-8-10-25(14)18/h6-8,10-12,16H,3-5,9,13H2,1-2H3,(H,20,26)/t16-/m1/s1. The van der Waals surface area contributed by atoms with Gasteiger partial charge in [0.05, 0.1) is 24.1 Å². The van der Waals surface area contributed by atoms with Crippen molar-refractivity contribution in [3.8, 4) is 0 Å². The summed E-state index contributed by atoms with van der Waals surface area (Å²) in [5, 5.41) is 2.72. The number of imidazole rings is 1. The molecular weight excluding hydrogens is 328 g/mol. The average molecular weight is 352 g/mol. The number of amides is 1. The quantitative estimate of drug-likeness (QED) is 0.781. The van der Waals surface area contributed by atoms with E-state index in [1.807, 2.05) is 30.1 Å². The maximum atomic E-state index is 12.1. The fourth-order valence-electron chi connectivity index (χ4n) is 3.95. The largest absolute Gasteiger partial charge is 0.354 e. The molecule has 0 saturated carbocycles. The van der Waals surface area contributed by atoms with Crippen LogP contribution in [0, 0.1) is 0 Å². The zero-order valence-electron chi connectivity index (χ0n) is 15.2. The van der Waals surface area contributed by atoms with E-state index in [1.54, 1.807) is 19.4 Å². The Labute approximate surface area is 152 Å². The lowest BCUT2D eigenvalue weighted by atomic mass is 9.99. The molecule has 136 valence electrons. The van der Waals surface area contributed by atoms with Crippen LogP contribution in [0.3, 0.4) is 0 Å². The molecule has 1 atom stereocenters. The lowest BCUT2D eigenvalue weighted by Gasteiger charge is -2.36. The third kappa shape index (κ3) is 2.88. The normalized spacial score (nSPS) is 18.3. The first-order chi connectivity index (χ1) is 12.7. The molecule has 1 fully saturated rings. The van der Waals surface area contributed by atoms with Gasteiger partial charge in [-0.05, 0) is 31.5 Å². The van der Waals surface area contributed by atoms with Crippen molar-refractivity contribution in [3.05, 3.63) is 54.0 Å². The first-order valence-electron chi connectivity index (χ1n) is 9.06. The molecule has 3 aromatic heterocycles. The molecule has 4 rings (SSSR count). The van der Waals surface area contributed by atoms with Gasteiger partial charge >= 0.3 is 0 Å². The molecule has 4 heterocycles. The van der Waals surface area contributed by atoms with Gasteiger partial charge in [0.25, 0.3) is 5.91 Å². The molecular formula is C19H24N6O. The molecule has 7 nitrogen and oxygen atoms in total. The van der Waals surface area contributed by atoms with Gasteiger partial charge in [-0.3, -0.25) is 19.1 Å². The van der Waals surface area contributed by atoms with Crippen LogP contribution in [0.5, 0.6) is 0 Å². The van der Waals surface area contributed by atoms with E-state index in [9.17, 15) is 4.79 Å². The zero-order chi connectivity index (χ0) is 18.1. The van der Waals surface area contributed by atoms with Crippen LogP contribution < -0.4 is 5.32 Å². The Kier molecular flexibility index (Phi) is 4.46. The van der Waals surface area contributed by atoms with E-state index in [1.165, 1.54) is 18.5 Å². The number of piperidine rings is 1. The fraction of sp³-hybridized carbons (Fsp3) is 0.421. The number of carbonyl (C=O) groups excluding carboxylic acids is 1. The number of likely N-dealkylation sites (tertiary alicyclic amines) is 1. The van der Waals surface area contributed by atoms with Crippen molar-refractivity contribution in [1.29, 1.82) is 0 Å². The molecule has 1 N–H and O–H groups in total. The molecule has 1 aliphatic heterocycles. The Bertz CT molecular complexity index is 927. The van der Waals surface area contributed by atoms with Crippen LogP contribution in [0.2, 0.25) is 0 Å². The molecule has 0 bridgehead atoms. The van der Waals surface area contributed by atoms with Gasteiger partial charge in [0.1, 0.15) is 5.69 Å². The van der Waals surface area contributed by atoms with Gasteiger partial charge in [0.15, 0.2) is 5.65 Å². The van der Waals surface area contributed by atoms with Crippen molar-refractivity contribution in [2.24, 2.45) is 7.05 Å². The van der Waals surface area contributed by atoms with Gasteiger partial charge < -0.3 is 9.88 Å². The molecule has 7 heteroatoms. The zero-order valence-corrected chi connectivity index (χ0v) is 15.2. The van der Waals surface area contributed by atoms with E-state index in [2.05, 4.69) is 30.7 Å². The Balaban J connectivity index is 1.63. The van der Waals surface area contributed by atoms with Gasteiger partial charge in [0.2, 0.25) is 0 Å². The third-order valence-corrected chi connectivity index (χ3v) is 5.33. The Hall–Kier alpha value is -2.67. The molecule has 1 amide bonds. The second-order valence-electron chi connectivity index (χ2n) is 6.82. The van der Waals surface area contributed by atoms with E-state index in [0.717, 1.165) is 30.9 Å². The van der Waals surface area contributed by atoms with Crippen LogP contribution >= 0.6 is 0 Å². The summed E-state index contributed by atoms with van der Waals surface area (Å²) in [6.07, 6.45) is 11.0. The summed E-state index contributed by atoms with van der Waals surface area (Å²) in [5.74, 6) is -0.0459. The molecule has 0 aromatic carbocycles. The Morgan fingerprint density at radius 2 is 2.19 bits per heavy atom. The fourth-order valence-corrected chi connectivity index (χ4v) is 3.95. The molecule has 26 heavy (non-hydrogen) atoms. The summed E-state index contributed by atoms with van der Waals surface area (Å²) in [7, 11) is 3.65. The number of hydrogen-bond donors (Lipinski definition) is 1. The minimum absolute atomic E-state index is 0.0459. The predicted molar refractivity (Wildman–Crippen MR) is 98.8 cm³/mol. The first-order valence-corrected chi connectivity index (χ1v) is 9.06. The monoisotopic (exact) mass is 352 g/mol. The van der Waals surface area contributed by atoms with Crippen molar-refractivity contribution >= 4 is 11.6 Å². The summed E-state index contributed by atoms with van der Waals surface area (Å²) in [5.41, 5.74) is 3.93. The van der Waals surface area contributed by atoms with Crippen molar-refractivity contribution in [3.63, 3.8) is 0 Å². The molecule has 1 aliphatic rings. The molecule has 3 aromatic rings. The van der Waals surface area contributed by atoms with Crippen LogP contribution in [0.25, 0.3) is 5.65 Å². The number of nitrogens with zero attached hydrogens (tertiary/aromatic N) is 5. The van der Waals surface area contributed by atoms with Gasteiger partial charge in [-0.15, -0.1) is 0 Å². The first kappa shape index (κ1) is 16.8.